The molecule has 4 rings (SSSR count). The zero-order chi connectivity index (χ0) is 20.2. The van der Waals surface area contributed by atoms with Crippen LogP contribution in [0.5, 0.6) is 0 Å². The molecule has 1 heterocycles. The summed E-state index contributed by atoms with van der Waals surface area (Å²) in [7, 11) is 0. The predicted octanol–water partition coefficient (Wildman–Crippen LogP) is 2.99. The molecule has 2 aromatic carbocycles. The second kappa shape index (κ2) is 8.74. The maximum Gasteiger partial charge on any atom is 0.253 e. The Morgan fingerprint density at radius 2 is 1.66 bits per heavy atom. The van der Waals surface area contributed by atoms with Crippen molar-refractivity contribution in [2.45, 2.75) is 31.3 Å². The van der Waals surface area contributed by atoms with Crippen LogP contribution in [0.25, 0.3) is 0 Å². The fourth-order valence-corrected chi connectivity index (χ4v) is 3.84. The quantitative estimate of drug-likeness (QED) is 0.847. The van der Waals surface area contributed by atoms with Gasteiger partial charge in [-0.25, -0.2) is 4.39 Å². The van der Waals surface area contributed by atoms with Gasteiger partial charge in [-0.1, -0.05) is 30.3 Å². The van der Waals surface area contributed by atoms with Crippen molar-refractivity contribution < 1.29 is 14.0 Å². The number of benzene rings is 2. The van der Waals surface area contributed by atoms with Gasteiger partial charge in [0.2, 0.25) is 5.91 Å². The van der Waals surface area contributed by atoms with Crippen LogP contribution in [0.1, 0.15) is 41.2 Å². The van der Waals surface area contributed by atoms with Crippen molar-refractivity contribution in [2.75, 3.05) is 26.2 Å². The van der Waals surface area contributed by atoms with Gasteiger partial charge in [-0.15, -0.1) is 0 Å². The number of nitrogens with zero attached hydrogens (tertiary/aromatic N) is 2. The Morgan fingerprint density at radius 1 is 0.931 bits per heavy atom. The van der Waals surface area contributed by atoms with Gasteiger partial charge in [-0.2, -0.15) is 0 Å². The van der Waals surface area contributed by atoms with E-state index in [4.69, 9.17) is 0 Å². The monoisotopic (exact) mass is 395 g/mol. The molecule has 1 aliphatic carbocycles. The Balaban J connectivity index is 1.50. The van der Waals surface area contributed by atoms with Crippen LogP contribution >= 0.6 is 0 Å². The highest BCUT2D eigenvalue weighted by atomic mass is 19.1. The first kappa shape index (κ1) is 19.6. The lowest BCUT2D eigenvalue weighted by Crippen LogP contribution is -2.43. The molecule has 0 bridgehead atoms. The molecule has 1 aliphatic heterocycles. The molecule has 6 heteroatoms. The lowest BCUT2D eigenvalue weighted by atomic mass is 10.0. The summed E-state index contributed by atoms with van der Waals surface area (Å²) in [5.41, 5.74) is 1.47. The second-order valence-corrected chi connectivity index (χ2v) is 7.78. The Hall–Kier alpha value is -2.73. The van der Waals surface area contributed by atoms with Crippen LogP contribution in [0.15, 0.2) is 54.6 Å². The Kier molecular flexibility index (Phi) is 5.90. The highest BCUT2D eigenvalue weighted by molar-refractivity contribution is 5.94. The van der Waals surface area contributed by atoms with Gasteiger partial charge in [0.05, 0.1) is 0 Å². The van der Waals surface area contributed by atoms with Crippen molar-refractivity contribution in [1.29, 1.82) is 0 Å². The van der Waals surface area contributed by atoms with Gasteiger partial charge in [0.15, 0.2) is 0 Å². The Labute approximate surface area is 170 Å². The van der Waals surface area contributed by atoms with E-state index in [9.17, 15) is 14.0 Å². The van der Waals surface area contributed by atoms with Gasteiger partial charge in [0, 0.05) is 37.8 Å². The molecule has 1 saturated carbocycles. The largest absolute Gasteiger partial charge is 0.352 e. The molecule has 0 spiro atoms. The summed E-state index contributed by atoms with van der Waals surface area (Å²) >= 11 is 0. The topological polar surface area (TPSA) is 52.7 Å². The van der Waals surface area contributed by atoms with E-state index in [1.807, 2.05) is 35.2 Å². The smallest absolute Gasteiger partial charge is 0.253 e. The third kappa shape index (κ3) is 4.82. The fourth-order valence-electron chi connectivity index (χ4n) is 3.84. The molecule has 2 aliphatic rings. The van der Waals surface area contributed by atoms with Crippen LogP contribution < -0.4 is 5.32 Å². The number of hydrogen-bond donors (Lipinski definition) is 1. The summed E-state index contributed by atoms with van der Waals surface area (Å²) in [5.74, 6) is -0.333. The molecule has 0 aromatic heterocycles. The molecule has 2 aromatic rings. The van der Waals surface area contributed by atoms with E-state index in [0.717, 1.165) is 24.8 Å². The first-order chi connectivity index (χ1) is 14.1. The summed E-state index contributed by atoms with van der Waals surface area (Å²) in [6, 6.07) is 15.2. The van der Waals surface area contributed by atoms with Gasteiger partial charge in [-0.3, -0.25) is 14.5 Å². The molecule has 1 N–H and O–H groups in total. The summed E-state index contributed by atoms with van der Waals surface area (Å²) in [6.07, 6.45) is 2.81. The summed E-state index contributed by atoms with van der Waals surface area (Å²) < 4.78 is 13.4. The maximum atomic E-state index is 13.4. The average Bonchev–Trinajstić information content (AvgIpc) is 3.57. The maximum absolute atomic E-state index is 13.4. The van der Waals surface area contributed by atoms with Gasteiger partial charge >= 0.3 is 0 Å². The summed E-state index contributed by atoms with van der Waals surface area (Å²) in [5, 5.41) is 3.09. The number of rotatable bonds is 5. The molecule has 1 atom stereocenters. The molecule has 2 fully saturated rings. The van der Waals surface area contributed by atoms with Crippen molar-refractivity contribution in [3.8, 4) is 0 Å². The number of halogens is 1. The highest BCUT2D eigenvalue weighted by Gasteiger charge is 2.33. The minimum atomic E-state index is -0.469. The summed E-state index contributed by atoms with van der Waals surface area (Å²) in [6.45, 7) is 2.52. The first-order valence-corrected chi connectivity index (χ1v) is 10.3. The van der Waals surface area contributed by atoms with Gasteiger partial charge in [0.1, 0.15) is 11.9 Å². The van der Waals surface area contributed by atoms with Gasteiger partial charge in [-0.05, 0) is 49.1 Å². The lowest BCUT2D eigenvalue weighted by Gasteiger charge is -2.30. The summed E-state index contributed by atoms with van der Waals surface area (Å²) in [4.78, 5) is 29.8. The van der Waals surface area contributed by atoms with Crippen LogP contribution in [-0.2, 0) is 4.79 Å². The molecule has 1 saturated heterocycles. The van der Waals surface area contributed by atoms with Crippen LogP contribution in [-0.4, -0.2) is 53.8 Å². The highest BCUT2D eigenvalue weighted by Crippen LogP contribution is 2.26. The fraction of sp³-hybridized carbons (Fsp3) is 0.391. The molecule has 1 unspecified atom stereocenters. The predicted molar refractivity (Wildman–Crippen MR) is 109 cm³/mol. The minimum Gasteiger partial charge on any atom is -0.352 e. The molecule has 0 radical (unpaired) electrons. The number of carbonyl (C=O) groups excluding carboxylic acids is 2. The van der Waals surface area contributed by atoms with Crippen LogP contribution in [0.2, 0.25) is 0 Å². The Morgan fingerprint density at radius 3 is 2.34 bits per heavy atom. The molecule has 5 nitrogen and oxygen atoms in total. The van der Waals surface area contributed by atoms with Gasteiger partial charge < -0.3 is 10.2 Å². The normalized spacial score (nSPS) is 18.7. The Bertz CT molecular complexity index is 852. The van der Waals surface area contributed by atoms with Crippen LogP contribution in [0.4, 0.5) is 4.39 Å². The molecule has 2 amide bonds. The van der Waals surface area contributed by atoms with E-state index in [2.05, 4.69) is 10.2 Å². The standard InChI is InChI=1S/C23H26FN3O2/c24-19-9-7-17(8-10-19)21(22(28)25-20-11-12-20)26-13-4-14-27(16-15-26)23(29)18-5-2-1-3-6-18/h1-3,5-10,20-21H,4,11-16H2,(H,25,28). The molecule has 29 heavy (non-hydrogen) atoms. The number of nitrogens with one attached hydrogen (secondary N) is 1. The zero-order valence-corrected chi connectivity index (χ0v) is 16.4. The van der Waals surface area contributed by atoms with E-state index in [1.54, 1.807) is 12.1 Å². The zero-order valence-electron chi connectivity index (χ0n) is 16.4. The van der Waals surface area contributed by atoms with Crippen molar-refractivity contribution in [1.82, 2.24) is 15.1 Å². The van der Waals surface area contributed by atoms with Crippen molar-refractivity contribution in [3.63, 3.8) is 0 Å². The third-order valence-electron chi connectivity index (χ3n) is 5.56. The van der Waals surface area contributed by atoms with E-state index >= 15 is 0 Å². The molecular formula is C23H26FN3O2. The minimum absolute atomic E-state index is 0.0215. The lowest BCUT2D eigenvalue weighted by molar-refractivity contribution is -0.126. The van der Waals surface area contributed by atoms with E-state index < -0.39 is 6.04 Å². The molecular weight excluding hydrogens is 369 g/mol. The first-order valence-electron chi connectivity index (χ1n) is 10.3. The molecule has 152 valence electrons. The van der Waals surface area contributed by atoms with E-state index in [1.165, 1.54) is 12.1 Å². The van der Waals surface area contributed by atoms with Crippen molar-refractivity contribution in [3.05, 3.63) is 71.5 Å². The van der Waals surface area contributed by atoms with E-state index in [0.29, 0.717) is 31.7 Å². The number of hydrogen-bond acceptors (Lipinski definition) is 3. The number of amides is 2. The third-order valence-corrected chi connectivity index (χ3v) is 5.56. The van der Waals surface area contributed by atoms with Crippen molar-refractivity contribution >= 4 is 11.8 Å². The number of carbonyl (C=O) groups is 2. The van der Waals surface area contributed by atoms with Gasteiger partial charge in [0.25, 0.3) is 5.91 Å². The van der Waals surface area contributed by atoms with Crippen LogP contribution in [0, 0.1) is 5.82 Å². The average molecular weight is 395 g/mol. The van der Waals surface area contributed by atoms with Crippen LogP contribution in [0.3, 0.4) is 0 Å². The second-order valence-electron chi connectivity index (χ2n) is 7.78. The van der Waals surface area contributed by atoms with Crippen molar-refractivity contribution in [2.24, 2.45) is 0 Å². The van der Waals surface area contributed by atoms with E-state index in [-0.39, 0.29) is 23.7 Å². The SMILES string of the molecule is O=C(NC1CC1)C(c1ccc(F)cc1)N1CCCN(C(=O)c2ccccc2)CC1.